The number of rotatable bonds is 8. The van der Waals surface area contributed by atoms with Crippen LogP contribution in [0.15, 0.2) is 84.0 Å². The molecule has 0 aromatic heterocycles. The maximum absolute atomic E-state index is 12.8. The smallest absolute Gasteiger partial charge is 0.275 e. The molecule has 3 aromatic carbocycles. The van der Waals surface area contributed by atoms with Crippen molar-refractivity contribution >= 4 is 23.5 Å². The maximum Gasteiger partial charge on any atom is 0.275 e. The lowest BCUT2D eigenvalue weighted by molar-refractivity contribution is -0.385. The number of carbonyl (C=O) groups is 1. The van der Waals surface area contributed by atoms with Crippen molar-refractivity contribution in [2.75, 3.05) is 0 Å². The molecule has 1 aliphatic rings. The van der Waals surface area contributed by atoms with E-state index in [-0.39, 0.29) is 23.9 Å². The van der Waals surface area contributed by atoms with E-state index >= 15 is 0 Å². The molecule has 0 bridgehead atoms. The molecule has 4 rings (SSSR count). The van der Waals surface area contributed by atoms with Gasteiger partial charge in [0.05, 0.1) is 22.7 Å². The Hall–Kier alpha value is -4.44. The predicted octanol–water partition coefficient (Wildman–Crippen LogP) is 4.01. The van der Waals surface area contributed by atoms with Gasteiger partial charge in [0.15, 0.2) is 6.10 Å². The molecule has 0 N–H and O–H groups in total. The molecule has 0 spiro atoms. The molecule has 166 valence electrons. The number of hydrogen-bond donors (Lipinski definition) is 0. The minimum absolute atomic E-state index is 0.0506. The Morgan fingerprint density at radius 2 is 1.45 bits per heavy atom. The molecule has 1 aliphatic heterocycles. The van der Waals surface area contributed by atoms with Crippen LogP contribution in [0.2, 0.25) is 0 Å². The third kappa shape index (κ3) is 4.75. The molecule has 1 heterocycles. The van der Waals surface area contributed by atoms with Gasteiger partial charge in [-0.1, -0.05) is 30.3 Å². The molecule has 0 saturated carbocycles. The van der Waals surface area contributed by atoms with E-state index < -0.39 is 22.0 Å². The topological polar surface area (TPSA) is 128 Å². The molecule has 1 fully saturated rings. The van der Waals surface area contributed by atoms with Crippen LogP contribution in [0.1, 0.15) is 22.7 Å². The predicted molar refractivity (Wildman–Crippen MR) is 118 cm³/mol. The zero-order valence-corrected chi connectivity index (χ0v) is 17.2. The highest BCUT2D eigenvalue weighted by molar-refractivity contribution is 5.90. The van der Waals surface area contributed by atoms with E-state index in [1.165, 1.54) is 47.6 Å². The lowest BCUT2D eigenvalue weighted by atomic mass is 9.92. The van der Waals surface area contributed by atoms with Crippen molar-refractivity contribution in [1.29, 1.82) is 0 Å². The van der Waals surface area contributed by atoms with E-state index in [9.17, 15) is 25.0 Å². The number of β-lactam (4-membered cyclic amide) rings is 1. The van der Waals surface area contributed by atoms with Crippen LogP contribution >= 0.6 is 0 Å². The summed E-state index contributed by atoms with van der Waals surface area (Å²) in [5.74, 6) is -0.354. The summed E-state index contributed by atoms with van der Waals surface area (Å²) in [5, 5.41) is 27.3. The number of nitro groups is 2. The van der Waals surface area contributed by atoms with Gasteiger partial charge in [-0.3, -0.25) is 25.0 Å². The highest BCUT2D eigenvalue weighted by Gasteiger charge is 2.49. The Morgan fingerprint density at radius 3 is 2.03 bits per heavy atom. The maximum atomic E-state index is 12.8. The number of amides is 1. The number of ether oxygens (including phenoxy) is 1. The number of benzene rings is 3. The van der Waals surface area contributed by atoms with Crippen molar-refractivity contribution in [1.82, 2.24) is 5.01 Å². The minimum Gasteiger partial charge on any atom is -0.361 e. The van der Waals surface area contributed by atoms with Crippen molar-refractivity contribution in [2.45, 2.75) is 18.8 Å². The van der Waals surface area contributed by atoms with Gasteiger partial charge in [0.25, 0.3) is 17.3 Å². The number of hydrazone groups is 1. The number of nitro benzene ring substituents is 2. The Kier molecular flexibility index (Phi) is 6.18. The second kappa shape index (κ2) is 9.37. The molecule has 1 amide bonds. The van der Waals surface area contributed by atoms with Gasteiger partial charge in [0.1, 0.15) is 6.04 Å². The molecular weight excluding hydrogens is 428 g/mol. The van der Waals surface area contributed by atoms with Crippen LogP contribution in [0.25, 0.3) is 0 Å². The van der Waals surface area contributed by atoms with Crippen LogP contribution < -0.4 is 0 Å². The van der Waals surface area contributed by atoms with Gasteiger partial charge >= 0.3 is 0 Å². The first-order valence-corrected chi connectivity index (χ1v) is 9.95. The summed E-state index contributed by atoms with van der Waals surface area (Å²) in [4.78, 5) is 33.6. The molecule has 2 atom stereocenters. The number of non-ortho nitro benzene ring substituents is 2. The Bertz CT molecular complexity index is 1200. The van der Waals surface area contributed by atoms with Gasteiger partial charge in [-0.15, -0.1) is 0 Å². The fraction of sp³-hybridized carbons (Fsp3) is 0.130. The Labute approximate surface area is 188 Å². The van der Waals surface area contributed by atoms with Crippen molar-refractivity contribution in [2.24, 2.45) is 5.10 Å². The Balaban J connectivity index is 1.55. The van der Waals surface area contributed by atoms with Crippen molar-refractivity contribution in [3.63, 3.8) is 0 Å². The lowest BCUT2D eigenvalue weighted by Crippen LogP contribution is -2.57. The monoisotopic (exact) mass is 446 g/mol. The molecule has 0 aliphatic carbocycles. The van der Waals surface area contributed by atoms with E-state index in [4.69, 9.17) is 4.74 Å². The molecule has 0 unspecified atom stereocenters. The summed E-state index contributed by atoms with van der Waals surface area (Å²) in [5.41, 5.74) is 2.00. The number of hydrogen-bond acceptors (Lipinski definition) is 7. The van der Waals surface area contributed by atoms with Gasteiger partial charge in [0, 0.05) is 24.3 Å². The first-order valence-electron chi connectivity index (χ1n) is 9.95. The van der Waals surface area contributed by atoms with Crippen LogP contribution in [0.3, 0.4) is 0 Å². The van der Waals surface area contributed by atoms with Gasteiger partial charge in [-0.05, 0) is 41.0 Å². The summed E-state index contributed by atoms with van der Waals surface area (Å²) >= 11 is 0. The number of nitrogens with zero attached hydrogens (tertiary/aromatic N) is 4. The lowest BCUT2D eigenvalue weighted by Gasteiger charge is -2.43. The summed E-state index contributed by atoms with van der Waals surface area (Å²) in [6, 6.07) is 20.4. The molecule has 10 nitrogen and oxygen atoms in total. The van der Waals surface area contributed by atoms with E-state index in [0.717, 1.165) is 5.56 Å². The first-order chi connectivity index (χ1) is 15.9. The summed E-state index contributed by atoms with van der Waals surface area (Å²) in [7, 11) is 0. The van der Waals surface area contributed by atoms with Crippen LogP contribution in [0.4, 0.5) is 11.4 Å². The third-order valence-electron chi connectivity index (χ3n) is 5.17. The first kappa shape index (κ1) is 21.8. The van der Waals surface area contributed by atoms with Crippen molar-refractivity contribution < 1.29 is 19.4 Å². The molecule has 3 aromatic rings. The van der Waals surface area contributed by atoms with Gasteiger partial charge in [-0.2, -0.15) is 5.10 Å². The fourth-order valence-corrected chi connectivity index (χ4v) is 3.42. The van der Waals surface area contributed by atoms with Gasteiger partial charge < -0.3 is 4.74 Å². The van der Waals surface area contributed by atoms with Crippen LogP contribution in [0.5, 0.6) is 0 Å². The standard InChI is InChI=1S/C23H18N4O6/c28-23-22(33-15-17-4-2-1-3-5-17)21(18-8-12-20(13-9-18)27(31)32)25(23)24-14-16-6-10-19(11-7-16)26(29)30/h1-14,21-22H,15H2/b24-14+/t21-,22+/m1/s1. The average Bonchev–Trinajstić information content (AvgIpc) is 2.83. The fourth-order valence-electron chi connectivity index (χ4n) is 3.42. The second-order valence-electron chi connectivity index (χ2n) is 7.29. The van der Waals surface area contributed by atoms with Crippen LogP contribution in [-0.4, -0.2) is 33.1 Å². The Morgan fingerprint density at radius 1 is 0.879 bits per heavy atom. The molecule has 33 heavy (non-hydrogen) atoms. The van der Waals surface area contributed by atoms with E-state index in [2.05, 4.69) is 5.10 Å². The molecule has 1 saturated heterocycles. The molecule has 0 radical (unpaired) electrons. The van der Waals surface area contributed by atoms with E-state index in [1.807, 2.05) is 30.3 Å². The second-order valence-corrected chi connectivity index (χ2v) is 7.29. The summed E-state index contributed by atoms with van der Waals surface area (Å²) in [6.45, 7) is 0.223. The van der Waals surface area contributed by atoms with E-state index in [1.54, 1.807) is 12.1 Å². The number of carbonyl (C=O) groups excluding carboxylic acids is 1. The van der Waals surface area contributed by atoms with Gasteiger partial charge in [0.2, 0.25) is 0 Å². The summed E-state index contributed by atoms with van der Waals surface area (Å²) in [6.07, 6.45) is 0.619. The third-order valence-corrected chi connectivity index (χ3v) is 5.17. The van der Waals surface area contributed by atoms with Crippen LogP contribution in [-0.2, 0) is 16.1 Å². The van der Waals surface area contributed by atoms with Crippen LogP contribution in [0, 0.1) is 20.2 Å². The van der Waals surface area contributed by atoms with Gasteiger partial charge in [-0.25, -0.2) is 5.01 Å². The average molecular weight is 446 g/mol. The molecular formula is C23H18N4O6. The quantitative estimate of drug-likeness (QED) is 0.223. The minimum atomic E-state index is -0.805. The van der Waals surface area contributed by atoms with E-state index in [0.29, 0.717) is 11.1 Å². The molecule has 10 heteroatoms. The normalized spacial score (nSPS) is 17.7. The van der Waals surface area contributed by atoms with Crippen molar-refractivity contribution in [3.8, 4) is 0 Å². The zero-order chi connectivity index (χ0) is 23.4. The van der Waals surface area contributed by atoms with Crippen molar-refractivity contribution in [3.05, 3.63) is 116 Å². The highest BCUT2D eigenvalue weighted by Crippen LogP contribution is 2.38. The highest BCUT2D eigenvalue weighted by atomic mass is 16.6. The summed E-state index contributed by atoms with van der Waals surface area (Å²) < 4.78 is 5.87. The largest absolute Gasteiger partial charge is 0.361 e. The SMILES string of the molecule is O=C1[C@@H](OCc2ccccc2)[C@@H](c2ccc([N+](=O)[O-])cc2)N1/N=C/c1ccc([N+](=O)[O-])cc1. The zero-order valence-electron chi connectivity index (χ0n) is 17.2.